The number of hydrogen-bond acceptors (Lipinski definition) is 5. The van der Waals surface area contributed by atoms with Crippen LogP contribution in [0.1, 0.15) is 29.7 Å². The first-order valence-corrected chi connectivity index (χ1v) is 11.6. The summed E-state index contributed by atoms with van der Waals surface area (Å²) in [7, 11) is 1.57. The van der Waals surface area contributed by atoms with Gasteiger partial charge in [-0.3, -0.25) is 9.59 Å². The molecular weight excluding hydrogens is 498 g/mol. The first-order chi connectivity index (χ1) is 16.4. The summed E-state index contributed by atoms with van der Waals surface area (Å²) in [5.74, 6) is -0.197. The summed E-state index contributed by atoms with van der Waals surface area (Å²) in [5.41, 5.74) is 2.06. The summed E-state index contributed by atoms with van der Waals surface area (Å²) in [6.07, 6.45) is 0. The first-order valence-electron chi connectivity index (χ1n) is 10.8. The van der Waals surface area contributed by atoms with E-state index in [-0.39, 0.29) is 17.9 Å². The molecule has 0 aliphatic carbocycles. The van der Waals surface area contributed by atoms with Gasteiger partial charge in [0.05, 0.1) is 25.3 Å². The highest BCUT2D eigenvalue weighted by Crippen LogP contribution is 2.40. The number of benzene rings is 3. The second-order valence-electron chi connectivity index (χ2n) is 7.78. The van der Waals surface area contributed by atoms with E-state index in [1.54, 1.807) is 55.6 Å². The van der Waals surface area contributed by atoms with E-state index in [4.69, 9.17) is 9.47 Å². The van der Waals surface area contributed by atoms with E-state index in [1.165, 1.54) is 4.90 Å². The molecule has 1 amide bonds. The minimum Gasteiger partial charge on any atom is -0.507 e. The van der Waals surface area contributed by atoms with Crippen LogP contribution in [0.4, 0.5) is 0 Å². The number of methoxy groups -OCH3 is 1. The second-order valence-corrected chi connectivity index (χ2v) is 8.70. The van der Waals surface area contributed by atoms with Gasteiger partial charge in [-0.2, -0.15) is 0 Å². The Labute approximate surface area is 206 Å². The third kappa shape index (κ3) is 4.70. The Morgan fingerprint density at radius 2 is 1.56 bits per heavy atom. The summed E-state index contributed by atoms with van der Waals surface area (Å²) >= 11 is 3.38. The van der Waals surface area contributed by atoms with Gasteiger partial charge in [0.25, 0.3) is 11.7 Å². The summed E-state index contributed by atoms with van der Waals surface area (Å²) in [4.78, 5) is 27.8. The zero-order chi connectivity index (χ0) is 24.2. The predicted molar refractivity (Wildman–Crippen MR) is 133 cm³/mol. The molecule has 174 valence electrons. The van der Waals surface area contributed by atoms with Gasteiger partial charge < -0.3 is 19.5 Å². The van der Waals surface area contributed by atoms with Gasteiger partial charge in [-0.25, -0.2) is 0 Å². The Kier molecular flexibility index (Phi) is 7.03. The van der Waals surface area contributed by atoms with Crippen LogP contribution < -0.4 is 9.47 Å². The third-order valence-electron chi connectivity index (χ3n) is 5.68. The Morgan fingerprint density at radius 1 is 0.941 bits per heavy atom. The van der Waals surface area contributed by atoms with Crippen molar-refractivity contribution in [3.63, 3.8) is 0 Å². The van der Waals surface area contributed by atoms with E-state index < -0.39 is 17.7 Å². The number of amides is 1. The Bertz CT molecular complexity index is 1220. The first kappa shape index (κ1) is 23.6. The molecule has 0 bridgehead atoms. The van der Waals surface area contributed by atoms with Crippen molar-refractivity contribution < 1.29 is 24.2 Å². The van der Waals surface area contributed by atoms with Gasteiger partial charge >= 0.3 is 0 Å². The number of Topliss-reactive ketones (excluding diaryl/α,β-unsaturated/α-hetero) is 1. The van der Waals surface area contributed by atoms with Crippen molar-refractivity contribution in [3.05, 3.63) is 99.5 Å². The monoisotopic (exact) mass is 521 g/mol. The average Bonchev–Trinajstić information content (AvgIpc) is 3.10. The fourth-order valence-corrected chi connectivity index (χ4v) is 4.26. The Hall–Kier alpha value is -3.58. The maximum Gasteiger partial charge on any atom is 0.295 e. The average molecular weight is 522 g/mol. The number of aliphatic hydroxyl groups is 1. The van der Waals surface area contributed by atoms with Crippen LogP contribution in [0.3, 0.4) is 0 Å². The molecule has 1 saturated heterocycles. The van der Waals surface area contributed by atoms with Crippen molar-refractivity contribution in [3.8, 4) is 11.5 Å². The molecule has 1 N–H and O–H groups in total. The largest absolute Gasteiger partial charge is 0.507 e. The molecule has 1 heterocycles. The predicted octanol–water partition coefficient (Wildman–Crippen LogP) is 5.48. The molecule has 4 rings (SSSR count). The standard InChI is InChI=1S/C27H24BrNO5/c1-3-34-22-12-4-17(5-13-22)16-29-24(18-8-14-21(33-2)15-9-18)23(26(31)27(29)32)25(30)19-6-10-20(28)11-7-19/h4-15,24,30H,3,16H2,1-2H3/b25-23-. The number of aliphatic hydroxyl groups excluding tert-OH is 1. The molecule has 0 aromatic heterocycles. The van der Waals surface area contributed by atoms with Crippen LogP contribution in [0.25, 0.3) is 5.76 Å². The van der Waals surface area contributed by atoms with E-state index in [0.717, 1.165) is 15.8 Å². The summed E-state index contributed by atoms with van der Waals surface area (Å²) in [6, 6.07) is 20.7. The van der Waals surface area contributed by atoms with Gasteiger partial charge in [-0.1, -0.05) is 52.3 Å². The van der Waals surface area contributed by atoms with Crippen LogP contribution in [0.2, 0.25) is 0 Å². The van der Waals surface area contributed by atoms with Crippen LogP contribution in [0, 0.1) is 0 Å². The molecule has 0 spiro atoms. The lowest BCUT2D eigenvalue weighted by molar-refractivity contribution is -0.140. The van der Waals surface area contributed by atoms with Crippen molar-refractivity contribution in [2.24, 2.45) is 0 Å². The number of nitrogens with zero attached hydrogens (tertiary/aromatic N) is 1. The molecule has 1 aliphatic rings. The topological polar surface area (TPSA) is 76.1 Å². The lowest BCUT2D eigenvalue weighted by Crippen LogP contribution is -2.29. The SMILES string of the molecule is CCOc1ccc(CN2C(=O)C(=O)/C(=C(\O)c3ccc(Br)cc3)C2c2ccc(OC)cc2)cc1. The smallest absolute Gasteiger partial charge is 0.295 e. The molecule has 0 radical (unpaired) electrons. The third-order valence-corrected chi connectivity index (χ3v) is 6.21. The molecule has 1 aliphatic heterocycles. The van der Waals surface area contributed by atoms with Gasteiger partial charge in [-0.15, -0.1) is 0 Å². The number of halogens is 1. The lowest BCUT2D eigenvalue weighted by Gasteiger charge is -2.25. The highest BCUT2D eigenvalue weighted by molar-refractivity contribution is 9.10. The zero-order valence-electron chi connectivity index (χ0n) is 18.8. The number of ether oxygens (including phenoxy) is 2. The summed E-state index contributed by atoms with van der Waals surface area (Å²) < 4.78 is 11.6. The lowest BCUT2D eigenvalue weighted by atomic mass is 9.95. The molecule has 3 aromatic carbocycles. The van der Waals surface area contributed by atoms with Crippen LogP contribution in [-0.4, -0.2) is 35.4 Å². The summed E-state index contributed by atoms with van der Waals surface area (Å²) in [5, 5.41) is 11.1. The number of hydrogen-bond donors (Lipinski definition) is 1. The highest BCUT2D eigenvalue weighted by atomic mass is 79.9. The van der Waals surface area contributed by atoms with Crippen molar-refractivity contribution >= 4 is 33.4 Å². The molecule has 1 atom stereocenters. The van der Waals surface area contributed by atoms with E-state index >= 15 is 0 Å². The second kappa shape index (κ2) is 10.1. The maximum absolute atomic E-state index is 13.2. The quantitative estimate of drug-likeness (QED) is 0.253. The van der Waals surface area contributed by atoms with Crippen molar-refractivity contribution in [1.82, 2.24) is 4.90 Å². The molecular formula is C27H24BrNO5. The van der Waals surface area contributed by atoms with E-state index in [0.29, 0.717) is 23.5 Å². The summed E-state index contributed by atoms with van der Waals surface area (Å²) in [6.45, 7) is 2.67. The molecule has 34 heavy (non-hydrogen) atoms. The molecule has 1 fully saturated rings. The molecule has 3 aromatic rings. The van der Waals surface area contributed by atoms with E-state index in [1.807, 2.05) is 31.2 Å². The van der Waals surface area contributed by atoms with Crippen molar-refractivity contribution in [1.29, 1.82) is 0 Å². The molecule has 6 nitrogen and oxygen atoms in total. The minimum atomic E-state index is -0.749. The van der Waals surface area contributed by atoms with E-state index in [2.05, 4.69) is 15.9 Å². The number of likely N-dealkylation sites (tertiary alicyclic amines) is 1. The van der Waals surface area contributed by atoms with Crippen LogP contribution >= 0.6 is 15.9 Å². The number of rotatable bonds is 7. The van der Waals surface area contributed by atoms with E-state index in [9.17, 15) is 14.7 Å². The van der Waals surface area contributed by atoms with Gasteiger partial charge in [0.2, 0.25) is 0 Å². The van der Waals surface area contributed by atoms with Gasteiger partial charge in [0.1, 0.15) is 17.3 Å². The van der Waals surface area contributed by atoms with Crippen LogP contribution in [0.5, 0.6) is 11.5 Å². The maximum atomic E-state index is 13.2. The van der Waals surface area contributed by atoms with Crippen LogP contribution in [-0.2, 0) is 16.1 Å². The van der Waals surface area contributed by atoms with Crippen molar-refractivity contribution in [2.75, 3.05) is 13.7 Å². The minimum absolute atomic E-state index is 0.0587. The Balaban J connectivity index is 1.78. The normalized spacial score (nSPS) is 17.1. The molecule has 1 unspecified atom stereocenters. The fraction of sp³-hybridized carbons (Fsp3) is 0.185. The zero-order valence-corrected chi connectivity index (χ0v) is 20.4. The van der Waals surface area contributed by atoms with Gasteiger partial charge in [-0.05, 0) is 54.4 Å². The number of ketones is 1. The molecule has 0 saturated carbocycles. The fourth-order valence-electron chi connectivity index (χ4n) is 3.99. The van der Waals surface area contributed by atoms with Crippen LogP contribution in [0.15, 0.2) is 82.8 Å². The highest BCUT2D eigenvalue weighted by Gasteiger charge is 2.46. The van der Waals surface area contributed by atoms with Gasteiger partial charge in [0.15, 0.2) is 0 Å². The van der Waals surface area contributed by atoms with Gasteiger partial charge in [0, 0.05) is 16.6 Å². The number of carbonyl (C=O) groups excluding carboxylic acids is 2. The van der Waals surface area contributed by atoms with Crippen molar-refractivity contribution in [2.45, 2.75) is 19.5 Å². The molecule has 7 heteroatoms. The number of carbonyl (C=O) groups is 2. The Morgan fingerprint density at radius 3 is 2.15 bits per heavy atom.